The first-order chi connectivity index (χ1) is 15.6. The van der Waals surface area contributed by atoms with Crippen LogP contribution >= 0.6 is 0 Å². The molecule has 6 heteroatoms. The van der Waals surface area contributed by atoms with Crippen LogP contribution in [0.15, 0.2) is 48.8 Å². The Hall–Kier alpha value is -2.70. The number of rotatable bonds is 8. The van der Waals surface area contributed by atoms with E-state index in [2.05, 4.69) is 33.9 Å². The lowest BCUT2D eigenvalue weighted by Gasteiger charge is -2.31. The molecule has 4 rings (SSSR count). The lowest BCUT2D eigenvalue weighted by molar-refractivity contribution is 0.199. The molecule has 168 valence electrons. The average molecular weight is 435 g/mol. The minimum absolute atomic E-state index is 0.194. The van der Waals surface area contributed by atoms with Gasteiger partial charge in [-0.25, -0.2) is 14.4 Å². The van der Waals surface area contributed by atoms with Crippen LogP contribution in [0, 0.1) is 12.7 Å². The summed E-state index contributed by atoms with van der Waals surface area (Å²) in [4.78, 5) is 16.2. The molecule has 3 heterocycles. The fraction of sp³-hybridized carbons (Fsp3) is 0.423. The van der Waals surface area contributed by atoms with Gasteiger partial charge in [0.25, 0.3) is 0 Å². The summed E-state index contributed by atoms with van der Waals surface area (Å²) in [5, 5.41) is 0. The van der Waals surface area contributed by atoms with Crippen molar-refractivity contribution in [1.82, 2.24) is 19.9 Å². The van der Waals surface area contributed by atoms with Crippen LogP contribution in [0.3, 0.4) is 0 Å². The van der Waals surface area contributed by atoms with Gasteiger partial charge in [0, 0.05) is 55.3 Å². The fourth-order valence-corrected chi connectivity index (χ4v) is 4.35. The van der Waals surface area contributed by atoms with Gasteiger partial charge in [0.1, 0.15) is 11.6 Å². The average Bonchev–Trinajstić information content (AvgIpc) is 2.80. The second-order valence-electron chi connectivity index (χ2n) is 8.65. The van der Waals surface area contributed by atoms with E-state index in [1.807, 2.05) is 24.5 Å². The summed E-state index contributed by atoms with van der Waals surface area (Å²) in [6.45, 7) is 5.67. The van der Waals surface area contributed by atoms with Crippen molar-refractivity contribution in [3.8, 4) is 0 Å². The normalized spacial score (nSPS) is 15.2. The van der Waals surface area contributed by atoms with Crippen molar-refractivity contribution in [3.63, 3.8) is 0 Å². The van der Waals surface area contributed by atoms with Gasteiger partial charge in [-0.3, -0.25) is 9.88 Å². The molecule has 0 radical (unpaired) electrons. The number of piperidine rings is 1. The molecule has 0 aliphatic carbocycles. The first kappa shape index (κ1) is 22.5. The van der Waals surface area contributed by atoms with Gasteiger partial charge >= 0.3 is 0 Å². The molecule has 0 amide bonds. The highest BCUT2D eigenvalue weighted by atomic mass is 19.1. The van der Waals surface area contributed by atoms with E-state index in [9.17, 15) is 4.39 Å². The van der Waals surface area contributed by atoms with Crippen molar-refractivity contribution in [2.24, 2.45) is 0 Å². The third kappa shape index (κ3) is 6.17. The highest BCUT2D eigenvalue weighted by Crippen LogP contribution is 2.29. The van der Waals surface area contributed by atoms with Gasteiger partial charge in [0.05, 0.1) is 6.61 Å². The SMILES string of the molecule is COCCc1ncc(CN2CCC(c3cc(Cc4ccc(F)cc4)cc(C)n3)CC2)cn1. The molecule has 2 aromatic heterocycles. The van der Waals surface area contributed by atoms with E-state index < -0.39 is 0 Å². The second-order valence-corrected chi connectivity index (χ2v) is 8.65. The quantitative estimate of drug-likeness (QED) is 0.523. The summed E-state index contributed by atoms with van der Waals surface area (Å²) in [5.41, 5.74) is 5.75. The van der Waals surface area contributed by atoms with E-state index in [1.54, 1.807) is 7.11 Å². The molecule has 0 unspecified atom stereocenters. The minimum atomic E-state index is -0.194. The van der Waals surface area contributed by atoms with Crippen LogP contribution in [0.4, 0.5) is 4.39 Å². The summed E-state index contributed by atoms with van der Waals surface area (Å²) in [5.74, 6) is 1.11. The Morgan fingerprint density at radius 3 is 2.41 bits per heavy atom. The van der Waals surface area contributed by atoms with Crippen LogP contribution in [-0.2, 0) is 24.1 Å². The predicted molar refractivity (Wildman–Crippen MR) is 123 cm³/mol. The Morgan fingerprint density at radius 2 is 1.72 bits per heavy atom. The van der Waals surface area contributed by atoms with E-state index in [0.29, 0.717) is 12.5 Å². The molecular formula is C26H31FN4O. The molecule has 0 atom stereocenters. The van der Waals surface area contributed by atoms with Crippen molar-refractivity contribution < 1.29 is 9.13 Å². The standard InChI is InChI=1S/C26H31FN4O/c1-19-13-21(14-20-3-5-24(27)6-4-20)15-25(30-19)23-7-10-31(11-8-23)18-22-16-28-26(29-17-22)9-12-32-2/h3-6,13,15-17,23H,7-12,14,18H2,1-2H3. The monoisotopic (exact) mass is 434 g/mol. The number of aryl methyl sites for hydroxylation is 1. The number of benzene rings is 1. The molecule has 1 aliphatic heterocycles. The Bertz CT molecular complexity index is 999. The molecular weight excluding hydrogens is 403 g/mol. The van der Waals surface area contributed by atoms with Gasteiger partial charge in [-0.05, 0) is 74.7 Å². The van der Waals surface area contributed by atoms with Crippen molar-refractivity contribution in [2.75, 3.05) is 26.8 Å². The van der Waals surface area contributed by atoms with Crippen LogP contribution in [0.25, 0.3) is 0 Å². The lowest BCUT2D eigenvalue weighted by Crippen LogP contribution is -2.32. The highest BCUT2D eigenvalue weighted by Gasteiger charge is 2.22. The zero-order chi connectivity index (χ0) is 22.3. The number of likely N-dealkylation sites (tertiary alicyclic amines) is 1. The summed E-state index contributed by atoms with van der Waals surface area (Å²) in [7, 11) is 1.69. The van der Waals surface area contributed by atoms with Crippen LogP contribution in [0.2, 0.25) is 0 Å². The van der Waals surface area contributed by atoms with Gasteiger partial charge < -0.3 is 4.74 Å². The molecule has 1 fully saturated rings. The molecule has 1 saturated heterocycles. The number of aromatic nitrogens is 3. The summed E-state index contributed by atoms with van der Waals surface area (Å²) < 4.78 is 18.3. The highest BCUT2D eigenvalue weighted by molar-refractivity contribution is 5.30. The third-order valence-electron chi connectivity index (χ3n) is 6.06. The van der Waals surface area contributed by atoms with Crippen LogP contribution < -0.4 is 0 Å². The Morgan fingerprint density at radius 1 is 1.00 bits per heavy atom. The lowest BCUT2D eigenvalue weighted by atomic mass is 9.91. The van der Waals surface area contributed by atoms with Crippen molar-refractivity contribution in [1.29, 1.82) is 0 Å². The van der Waals surface area contributed by atoms with Crippen molar-refractivity contribution >= 4 is 0 Å². The summed E-state index contributed by atoms with van der Waals surface area (Å²) >= 11 is 0. The van der Waals surface area contributed by atoms with E-state index in [0.717, 1.165) is 68.0 Å². The topological polar surface area (TPSA) is 51.1 Å². The first-order valence-corrected chi connectivity index (χ1v) is 11.3. The number of pyridine rings is 1. The number of nitrogens with zero attached hydrogens (tertiary/aromatic N) is 4. The number of ether oxygens (including phenoxy) is 1. The first-order valence-electron chi connectivity index (χ1n) is 11.3. The zero-order valence-electron chi connectivity index (χ0n) is 18.9. The minimum Gasteiger partial charge on any atom is -0.384 e. The molecule has 0 bridgehead atoms. The number of methoxy groups -OCH3 is 1. The van der Waals surface area contributed by atoms with Crippen molar-refractivity contribution in [2.45, 2.75) is 45.1 Å². The van der Waals surface area contributed by atoms with Crippen LogP contribution in [0.1, 0.15) is 52.7 Å². The molecule has 32 heavy (non-hydrogen) atoms. The number of hydrogen-bond acceptors (Lipinski definition) is 5. The number of halogens is 1. The maximum atomic E-state index is 13.2. The smallest absolute Gasteiger partial charge is 0.130 e. The Kier molecular flexibility index (Phi) is 7.55. The predicted octanol–water partition coefficient (Wildman–Crippen LogP) is 4.48. The largest absolute Gasteiger partial charge is 0.384 e. The molecule has 0 N–H and O–H groups in total. The van der Waals surface area contributed by atoms with Gasteiger partial charge in [0.2, 0.25) is 0 Å². The van der Waals surface area contributed by atoms with Crippen LogP contribution in [0.5, 0.6) is 0 Å². The summed E-state index contributed by atoms with van der Waals surface area (Å²) in [6.07, 6.45) is 7.62. The van der Waals surface area contributed by atoms with Gasteiger partial charge in [0.15, 0.2) is 0 Å². The van der Waals surface area contributed by atoms with E-state index in [4.69, 9.17) is 9.72 Å². The Labute approximate surface area is 189 Å². The molecule has 0 saturated carbocycles. The summed E-state index contributed by atoms with van der Waals surface area (Å²) in [6, 6.07) is 11.1. The molecule has 1 aromatic carbocycles. The molecule has 1 aliphatic rings. The van der Waals surface area contributed by atoms with Crippen molar-refractivity contribution in [3.05, 3.63) is 88.5 Å². The van der Waals surface area contributed by atoms with E-state index in [-0.39, 0.29) is 5.82 Å². The van der Waals surface area contributed by atoms with Gasteiger partial charge in [-0.1, -0.05) is 12.1 Å². The van der Waals surface area contributed by atoms with Gasteiger partial charge in [-0.15, -0.1) is 0 Å². The van der Waals surface area contributed by atoms with Crippen LogP contribution in [-0.4, -0.2) is 46.7 Å². The maximum absolute atomic E-state index is 13.2. The zero-order valence-corrected chi connectivity index (χ0v) is 18.9. The molecule has 0 spiro atoms. The fourth-order valence-electron chi connectivity index (χ4n) is 4.35. The molecule has 5 nitrogen and oxygen atoms in total. The second kappa shape index (κ2) is 10.7. The number of hydrogen-bond donors (Lipinski definition) is 0. The molecule has 3 aromatic rings. The van der Waals surface area contributed by atoms with E-state index >= 15 is 0 Å². The Balaban J connectivity index is 1.33. The maximum Gasteiger partial charge on any atom is 0.130 e. The third-order valence-corrected chi connectivity index (χ3v) is 6.06. The van der Waals surface area contributed by atoms with Gasteiger partial charge in [-0.2, -0.15) is 0 Å². The van der Waals surface area contributed by atoms with E-state index in [1.165, 1.54) is 23.4 Å².